The second-order valence-electron chi connectivity index (χ2n) is 5.61. The van der Waals surface area contributed by atoms with Gasteiger partial charge in [-0.15, -0.1) is 0 Å². The van der Waals surface area contributed by atoms with Gasteiger partial charge in [0.15, 0.2) is 12.1 Å². The van der Waals surface area contributed by atoms with E-state index in [0.29, 0.717) is 30.6 Å². The minimum absolute atomic E-state index is 0.108. The van der Waals surface area contributed by atoms with Gasteiger partial charge in [0.2, 0.25) is 11.8 Å². The number of nitrogens with zero attached hydrogens (tertiary/aromatic N) is 1. The monoisotopic (exact) mass is 362 g/mol. The maximum atomic E-state index is 12.2. The number of aliphatic hydroxyl groups is 2. The third-order valence-corrected chi connectivity index (χ3v) is 3.69. The highest BCUT2D eigenvalue weighted by Crippen LogP contribution is 2.14. The van der Waals surface area contributed by atoms with Crippen LogP contribution >= 0.6 is 0 Å². The average molecular weight is 362 g/mol. The molecule has 0 saturated heterocycles. The summed E-state index contributed by atoms with van der Waals surface area (Å²) in [6.07, 6.45) is 3.35. The number of carboxylic acids is 2. The number of nitrogens with two attached hydrogens (primary N) is 1. The van der Waals surface area contributed by atoms with Gasteiger partial charge in [-0.2, -0.15) is 0 Å². The van der Waals surface area contributed by atoms with E-state index in [1.54, 1.807) is 0 Å². The summed E-state index contributed by atoms with van der Waals surface area (Å²) < 4.78 is 0. The smallest absolute Gasteiger partial charge is 0.328 e. The normalized spacial score (nSPS) is 13.0. The van der Waals surface area contributed by atoms with Crippen molar-refractivity contribution in [3.8, 4) is 0 Å². The molecule has 0 heterocycles. The van der Waals surface area contributed by atoms with Gasteiger partial charge in [-0.05, 0) is 12.8 Å². The maximum absolute atomic E-state index is 12.2. The van der Waals surface area contributed by atoms with Crippen molar-refractivity contribution in [2.75, 3.05) is 13.2 Å². The van der Waals surface area contributed by atoms with Gasteiger partial charge in [0.25, 0.3) is 0 Å². The highest BCUT2D eigenvalue weighted by molar-refractivity contribution is 5.88. The molecule has 0 aliphatic heterocycles. The molecule has 6 N–H and O–H groups in total. The Morgan fingerprint density at radius 1 is 0.760 bits per heavy atom. The van der Waals surface area contributed by atoms with E-state index in [4.69, 9.17) is 26.2 Å². The van der Waals surface area contributed by atoms with Crippen LogP contribution in [0, 0.1) is 0 Å². The largest absolute Gasteiger partial charge is 0.480 e. The van der Waals surface area contributed by atoms with Crippen molar-refractivity contribution in [1.82, 2.24) is 4.90 Å². The average Bonchev–Trinajstić information content (AvgIpc) is 2.52. The third kappa shape index (κ3) is 8.45. The van der Waals surface area contributed by atoms with Crippen LogP contribution in [0.4, 0.5) is 0 Å². The van der Waals surface area contributed by atoms with Gasteiger partial charge < -0.3 is 31.1 Å². The lowest BCUT2D eigenvalue weighted by Gasteiger charge is -2.32. The van der Waals surface area contributed by atoms with E-state index in [1.807, 2.05) is 0 Å². The van der Waals surface area contributed by atoms with Crippen molar-refractivity contribution in [2.24, 2.45) is 5.73 Å². The number of amides is 2. The molecular formula is C15H26N2O8. The minimum atomic E-state index is -1.74. The van der Waals surface area contributed by atoms with E-state index >= 15 is 0 Å². The summed E-state index contributed by atoms with van der Waals surface area (Å²) in [7, 11) is 0. The highest BCUT2D eigenvalue weighted by atomic mass is 16.4. The van der Waals surface area contributed by atoms with Crippen LogP contribution in [-0.2, 0) is 19.2 Å². The fourth-order valence-electron chi connectivity index (χ4n) is 2.37. The molecule has 0 aliphatic rings. The van der Waals surface area contributed by atoms with Crippen molar-refractivity contribution in [1.29, 1.82) is 0 Å². The van der Waals surface area contributed by atoms with E-state index < -0.39 is 43.1 Å². The van der Waals surface area contributed by atoms with Gasteiger partial charge in [0, 0.05) is 12.8 Å². The molecule has 0 aromatic rings. The second kappa shape index (κ2) is 12.2. The summed E-state index contributed by atoms with van der Waals surface area (Å²) >= 11 is 0. The molecule has 10 nitrogen and oxygen atoms in total. The molecular weight excluding hydrogens is 336 g/mol. The van der Waals surface area contributed by atoms with Crippen molar-refractivity contribution >= 4 is 23.8 Å². The van der Waals surface area contributed by atoms with Gasteiger partial charge in [-0.3, -0.25) is 9.59 Å². The van der Waals surface area contributed by atoms with E-state index in [1.165, 1.54) is 0 Å². The Morgan fingerprint density at radius 3 is 1.52 bits per heavy atom. The number of hydrogen-bond acceptors (Lipinski definition) is 6. The van der Waals surface area contributed by atoms with Gasteiger partial charge in [0.1, 0.15) is 0 Å². The Balaban J connectivity index is 4.65. The molecule has 2 atom stereocenters. The first-order chi connectivity index (χ1) is 11.8. The molecule has 25 heavy (non-hydrogen) atoms. The van der Waals surface area contributed by atoms with Crippen LogP contribution in [0.25, 0.3) is 0 Å². The SMILES string of the molecule is NC(=O)CCCCCCCC(=O)N(C(CO)C(=O)O)C(CO)C(=O)O. The highest BCUT2D eigenvalue weighted by Gasteiger charge is 2.37. The standard InChI is InChI=1S/C15H26N2O8/c16-12(20)6-4-2-1-3-5-7-13(21)17(10(8-18)14(22)23)11(9-19)15(24)25/h10-11,18-19H,1-9H2,(H2,16,20)(H,22,23)(H,24,25). The van der Waals surface area contributed by atoms with Crippen LogP contribution in [0.15, 0.2) is 0 Å². The molecule has 0 saturated carbocycles. The van der Waals surface area contributed by atoms with Crippen LogP contribution < -0.4 is 5.73 Å². The summed E-state index contributed by atoms with van der Waals surface area (Å²) in [6.45, 7) is -1.92. The molecule has 2 unspecified atom stereocenters. The minimum Gasteiger partial charge on any atom is -0.480 e. The van der Waals surface area contributed by atoms with Crippen molar-refractivity contribution in [2.45, 2.75) is 57.0 Å². The first kappa shape index (κ1) is 22.8. The summed E-state index contributed by atoms with van der Waals surface area (Å²) in [5.41, 5.74) is 5.01. The van der Waals surface area contributed by atoms with Crippen LogP contribution in [0.2, 0.25) is 0 Å². The number of rotatable bonds is 14. The van der Waals surface area contributed by atoms with E-state index in [-0.39, 0.29) is 12.3 Å². The fraction of sp³-hybridized carbons (Fsp3) is 0.733. The summed E-state index contributed by atoms with van der Waals surface area (Å²) in [5.74, 6) is -4.25. The molecule has 0 radical (unpaired) electrons. The van der Waals surface area contributed by atoms with E-state index in [2.05, 4.69) is 0 Å². The molecule has 0 aromatic carbocycles. The molecule has 0 rings (SSSR count). The van der Waals surface area contributed by atoms with Crippen molar-refractivity contribution in [3.05, 3.63) is 0 Å². The number of carboxylic acid groups (broad SMARTS) is 2. The number of aliphatic carboxylic acids is 2. The van der Waals surface area contributed by atoms with Crippen LogP contribution in [0.3, 0.4) is 0 Å². The predicted molar refractivity (Wildman–Crippen MR) is 85.4 cm³/mol. The second-order valence-corrected chi connectivity index (χ2v) is 5.61. The number of carbonyl (C=O) groups excluding carboxylic acids is 2. The zero-order valence-electron chi connectivity index (χ0n) is 14.0. The van der Waals surface area contributed by atoms with Crippen LogP contribution in [0.1, 0.15) is 44.9 Å². The quantitative estimate of drug-likeness (QED) is 0.242. The predicted octanol–water partition coefficient (Wildman–Crippen LogP) is -1.08. The Bertz CT molecular complexity index is 446. The Labute approximate surface area is 145 Å². The number of unbranched alkanes of at least 4 members (excludes halogenated alkanes) is 4. The zero-order valence-corrected chi connectivity index (χ0v) is 14.0. The Hall–Kier alpha value is -2.20. The molecule has 0 aromatic heterocycles. The van der Waals surface area contributed by atoms with Crippen molar-refractivity contribution < 1.29 is 39.6 Å². The Morgan fingerprint density at radius 2 is 1.16 bits per heavy atom. The zero-order chi connectivity index (χ0) is 19.4. The molecule has 0 fully saturated rings. The molecule has 0 spiro atoms. The maximum Gasteiger partial charge on any atom is 0.328 e. The molecule has 2 amide bonds. The first-order valence-electron chi connectivity index (χ1n) is 8.03. The summed E-state index contributed by atoms with van der Waals surface area (Å²) in [4.78, 5) is 45.7. The summed E-state index contributed by atoms with van der Waals surface area (Å²) in [6, 6.07) is -3.48. The fourth-order valence-corrected chi connectivity index (χ4v) is 2.37. The van der Waals surface area contributed by atoms with E-state index in [0.717, 1.165) is 12.8 Å². The Kier molecular flexibility index (Phi) is 11.1. The number of aliphatic hydroxyl groups excluding tert-OH is 2. The van der Waals surface area contributed by atoms with Crippen LogP contribution in [-0.4, -0.2) is 74.4 Å². The third-order valence-electron chi connectivity index (χ3n) is 3.69. The van der Waals surface area contributed by atoms with E-state index in [9.17, 15) is 19.2 Å². The number of hydrogen-bond donors (Lipinski definition) is 5. The molecule has 144 valence electrons. The van der Waals surface area contributed by atoms with Gasteiger partial charge in [0.05, 0.1) is 13.2 Å². The lowest BCUT2D eigenvalue weighted by atomic mass is 10.1. The molecule has 0 aliphatic carbocycles. The lowest BCUT2D eigenvalue weighted by Crippen LogP contribution is -2.56. The topological polar surface area (TPSA) is 178 Å². The lowest BCUT2D eigenvalue weighted by molar-refractivity contribution is -0.162. The molecule has 0 bridgehead atoms. The van der Waals surface area contributed by atoms with Gasteiger partial charge >= 0.3 is 11.9 Å². The number of primary amides is 1. The first-order valence-corrected chi connectivity index (χ1v) is 8.03. The van der Waals surface area contributed by atoms with Gasteiger partial charge in [-0.25, -0.2) is 9.59 Å². The molecule has 10 heteroatoms. The van der Waals surface area contributed by atoms with Gasteiger partial charge in [-0.1, -0.05) is 19.3 Å². The summed E-state index contributed by atoms with van der Waals surface area (Å²) in [5, 5.41) is 36.5. The van der Waals surface area contributed by atoms with Crippen molar-refractivity contribution in [3.63, 3.8) is 0 Å². The number of carbonyl (C=O) groups is 4. The van der Waals surface area contributed by atoms with Crippen LogP contribution in [0.5, 0.6) is 0 Å².